The second-order valence-corrected chi connectivity index (χ2v) is 3.68. The number of aromatic nitrogens is 1. The van der Waals surface area contributed by atoms with Crippen LogP contribution in [0.25, 0.3) is 0 Å². The van der Waals surface area contributed by atoms with Gasteiger partial charge in [0, 0.05) is 26.0 Å². The lowest BCUT2D eigenvalue weighted by atomic mass is 10.2. The number of carbonyl (C=O) groups is 2. The second kappa shape index (κ2) is 6.58. The summed E-state index contributed by atoms with van der Waals surface area (Å²) in [6.07, 6.45) is 2.97. The van der Waals surface area contributed by atoms with Gasteiger partial charge in [-0.3, -0.25) is 9.78 Å². The molecule has 1 aromatic heterocycles. The van der Waals surface area contributed by atoms with Crippen molar-refractivity contribution in [3.8, 4) is 0 Å². The van der Waals surface area contributed by atoms with E-state index in [1.54, 1.807) is 31.1 Å². The van der Waals surface area contributed by atoms with Crippen LogP contribution in [0, 0.1) is 0 Å². The molecule has 0 spiro atoms. The Labute approximate surface area is 105 Å². The SMILES string of the molecule is CCOC(=O)c1cnccc1N(C)CCC(=O)O. The van der Waals surface area contributed by atoms with Crippen LogP contribution in [0.4, 0.5) is 5.69 Å². The Bertz CT molecular complexity index is 434. The topological polar surface area (TPSA) is 79.7 Å². The van der Waals surface area contributed by atoms with Gasteiger partial charge >= 0.3 is 11.9 Å². The zero-order chi connectivity index (χ0) is 13.5. The van der Waals surface area contributed by atoms with Gasteiger partial charge in [-0.25, -0.2) is 4.79 Å². The lowest BCUT2D eigenvalue weighted by molar-refractivity contribution is -0.136. The Balaban J connectivity index is 2.87. The number of ether oxygens (including phenoxy) is 1. The third kappa shape index (κ3) is 3.73. The number of esters is 1. The van der Waals surface area contributed by atoms with Crippen LogP contribution < -0.4 is 4.90 Å². The van der Waals surface area contributed by atoms with E-state index in [1.165, 1.54) is 6.20 Å². The van der Waals surface area contributed by atoms with Crippen molar-refractivity contribution < 1.29 is 19.4 Å². The van der Waals surface area contributed by atoms with Crippen LogP contribution >= 0.6 is 0 Å². The van der Waals surface area contributed by atoms with Crippen molar-refractivity contribution in [2.24, 2.45) is 0 Å². The Kier molecular flexibility index (Phi) is 5.10. The highest BCUT2D eigenvalue weighted by Gasteiger charge is 2.15. The van der Waals surface area contributed by atoms with Crippen LogP contribution in [-0.2, 0) is 9.53 Å². The molecule has 1 aromatic rings. The molecule has 1 rings (SSSR count). The van der Waals surface area contributed by atoms with Gasteiger partial charge in [-0.15, -0.1) is 0 Å². The fourth-order valence-electron chi connectivity index (χ4n) is 1.47. The predicted molar refractivity (Wildman–Crippen MR) is 65.7 cm³/mol. The van der Waals surface area contributed by atoms with E-state index in [4.69, 9.17) is 9.84 Å². The van der Waals surface area contributed by atoms with E-state index in [-0.39, 0.29) is 13.0 Å². The molecule has 0 amide bonds. The first kappa shape index (κ1) is 14.0. The van der Waals surface area contributed by atoms with Gasteiger partial charge in [0.15, 0.2) is 0 Å². The molecular weight excluding hydrogens is 236 g/mol. The molecule has 6 nitrogen and oxygen atoms in total. The lowest BCUT2D eigenvalue weighted by Crippen LogP contribution is -2.23. The molecule has 1 heterocycles. The average molecular weight is 252 g/mol. The maximum Gasteiger partial charge on any atom is 0.341 e. The Hall–Kier alpha value is -2.11. The van der Waals surface area contributed by atoms with Crippen LogP contribution in [0.1, 0.15) is 23.7 Å². The van der Waals surface area contributed by atoms with Gasteiger partial charge in [-0.2, -0.15) is 0 Å². The van der Waals surface area contributed by atoms with Gasteiger partial charge in [-0.05, 0) is 13.0 Å². The van der Waals surface area contributed by atoms with E-state index < -0.39 is 11.9 Å². The summed E-state index contributed by atoms with van der Waals surface area (Å²) in [5, 5.41) is 8.64. The van der Waals surface area contributed by atoms with Crippen molar-refractivity contribution in [2.45, 2.75) is 13.3 Å². The summed E-state index contributed by atoms with van der Waals surface area (Å²) in [5.74, 6) is -1.34. The Morgan fingerprint density at radius 3 is 2.83 bits per heavy atom. The van der Waals surface area contributed by atoms with Gasteiger partial charge < -0.3 is 14.7 Å². The summed E-state index contributed by atoms with van der Waals surface area (Å²) in [6, 6.07) is 1.66. The van der Waals surface area contributed by atoms with Crippen LogP contribution in [0.2, 0.25) is 0 Å². The number of hydrogen-bond donors (Lipinski definition) is 1. The number of hydrogen-bond acceptors (Lipinski definition) is 5. The van der Waals surface area contributed by atoms with Crippen LogP contribution in [0.5, 0.6) is 0 Å². The molecule has 0 aliphatic heterocycles. The van der Waals surface area contributed by atoms with Gasteiger partial charge in [0.2, 0.25) is 0 Å². The summed E-state index contributed by atoms with van der Waals surface area (Å²) >= 11 is 0. The number of anilines is 1. The molecule has 0 radical (unpaired) electrons. The molecule has 18 heavy (non-hydrogen) atoms. The molecule has 0 unspecified atom stereocenters. The van der Waals surface area contributed by atoms with E-state index in [2.05, 4.69) is 4.98 Å². The summed E-state index contributed by atoms with van der Waals surface area (Å²) in [6.45, 7) is 2.32. The normalized spacial score (nSPS) is 9.89. The molecule has 0 bridgehead atoms. The van der Waals surface area contributed by atoms with Gasteiger partial charge in [0.25, 0.3) is 0 Å². The molecule has 0 saturated heterocycles. The zero-order valence-corrected chi connectivity index (χ0v) is 10.4. The number of carboxylic acids is 1. The molecule has 0 aliphatic rings. The maximum atomic E-state index is 11.7. The second-order valence-electron chi connectivity index (χ2n) is 3.68. The van der Waals surface area contributed by atoms with Crippen molar-refractivity contribution in [1.29, 1.82) is 0 Å². The predicted octanol–water partition coefficient (Wildman–Crippen LogP) is 1.17. The molecule has 98 valence electrons. The van der Waals surface area contributed by atoms with Crippen LogP contribution in [0.15, 0.2) is 18.5 Å². The average Bonchev–Trinajstić information content (AvgIpc) is 2.36. The molecule has 0 fully saturated rings. The molecule has 1 N–H and O–H groups in total. The summed E-state index contributed by atoms with van der Waals surface area (Å²) < 4.78 is 4.92. The Morgan fingerprint density at radius 1 is 1.50 bits per heavy atom. The first-order valence-corrected chi connectivity index (χ1v) is 5.60. The smallest absolute Gasteiger partial charge is 0.341 e. The zero-order valence-electron chi connectivity index (χ0n) is 10.4. The number of nitrogens with zero attached hydrogens (tertiary/aromatic N) is 2. The minimum Gasteiger partial charge on any atom is -0.481 e. The highest BCUT2D eigenvalue weighted by atomic mass is 16.5. The molecule has 0 aliphatic carbocycles. The summed E-state index contributed by atoms with van der Waals surface area (Å²) in [5.41, 5.74) is 0.955. The molecule has 6 heteroatoms. The minimum absolute atomic E-state index is 0.00108. The monoisotopic (exact) mass is 252 g/mol. The standard InChI is InChI=1S/C12H16N2O4/c1-3-18-12(17)9-8-13-6-4-10(9)14(2)7-5-11(15)16/h4,6,8H,3,5,7H2,1-2H3,(H,15,16). The van der Waals surface area contributed by atoms with Crippen LogP contribution in [-0.4, -0.2) is 42.2 Å². The van der Waals surface area contributed by atoms with E-state index in [1.807, 2.05) is 0 Å². The number of aliphatic carboxylic acids is 1. The van der Waals surface area contributed by atoms with E-state index in [0.717, 1.165) is 0 Å². The number of carbonyl (C=O) groups excluding carboxylic acids is 1. The maximum absolute atomic E-state index is 11.7. The highest BCUT2D eigenvalue weighted by molar-refractivity contribution is 5.95. The highest BCUT2D eigenvalue weighted by Crippen LogP contribution is 2.19. The first-order valence-electron chi connectivity index (χ1n) is 5.60. The molecule has 0 aromatic carbocycles. The van der Waals surface area contributed by atoms with Crippen molar-refractivity contribution in [2.75, 3.05) is 25.1 Å². The molecule has 0 atom stereocenters. The van der Waals surface area contributed by atoms with Crippen molar-refractivity contribution in [3.63, 3.8) is 0 Å². The largest absolute Gasteiger partial charge is 0.481 e. The fourth-order valence-corrected chi connectivity index (χ4v) is 1.47. The van der Waals surface area contributed by atoms with E-state index in [0.29, 0.717) is 17.8 Å². The van der Waals surface area contributed by atoms with Gasteiger partial charge in [-0.1, -0.05) is 0 Å². The van der Waals surface area contributed by atoms with Crippen molar-refractivity contribution in [3.05, 3.63) is 24.0 Å². The first-order chi connectivity index (χ1) is 8.56. The van der Waals surface area contributed by atoms with Gasteiger partial charge in [0.1, 0.15) is 5.56 Å². The minimum atomic E-state index is -0.881. The number of rotatable bonds is 6. The third-order valence-electron chi connectivity index (χ3n) is 2.37. The van der Waals surface area contributed by atoms with Gasteiger partial charge in [0.05, 0.1) is 18.7 Å². The number of pyridine rings is 1. The fraction of sp³-hybridized carbons (Fsp3) is 0.417. The summed E-state index contributed by atoms with van der Waals surface area (Å²) in [4.78, 5) is 27.8. The quantitative estimate of drug-likeness (QED) is 0.765. The molecular formula is C12H16N2O4. The van der Waals surface area contributed by atoms with E-state index in [9.17, 15) is 9.59 Å². The third-order valence-corrected chi connectivity index (χ3v) is 2.37. The van der Waals surface area contributed by atoms with Crippen molar-refractivity contribution >= 4 is 17.6 Å². The lowest BCUT2D eigenvalue weighted by Gasteiger charge is -2.20. The van der Waals surface area contributed by atoms with Crippen LogP contribution in [0.3, 0.4) is 0 Å². The summed E-state index contributed by atoms with van der Waals surface area (Å²) in [7, 11) is 1.72. The van der Waals surface area contributed by atoms with E-state index >= 15 is 0 Å². The molecule has 0 saturated carbocycles. The Morgan fingerprint density at radius 2 is 2.22 bits per heavy atom. The van der Waals surface area contributed by atoms with Crippen molar-refractivity contribution in [1.82, 2.24) is 4.98 Å². The number of carboxylic acid groups (broad SMARTS) is 1.